The van der Waals surface area contributed by atoms with Gasteiger partial charge >= 0.3 is 5.97 Å². The van der Waals surface area contributed by atoms with Crippen molar-refractivity contribution >= 4 is 40.6 Å². The molecule has 1 heterocycles. The molecule has 2 aromatic carbocycles. The molecule has 0 saturated carbocycles. The summed E-state index contributed by atoms with van der Waals surface area (Å²) >= 11 is 11.4. The van der Waals surface area contributed by atoms with Gasteiger partial charge in [0.25, 0.3) is 0 Å². The quantitative estimate of drug-likeness (QED) is 0.514. The Hall–Kier alpha value is -2.97. The van der Waals surface area contributed by atoms with Crippen molar-refractivity contribution in [3.63, 3.8) is 0 Å². The first-order chi connectivity index (χ1) is 14.4. The van der Waals surface area contributed by atoms with Crippen molar-refractivity contribution in [1.29, 1.82) is 0 Å². The molecule has 158 valence electrons. The summed E-state index contributed by atoms with van der Waals surface area (Å²) in [5.41, 5.74) is 2.30. The van der Waals surface area contributed by atoms with Crippen LogP contribution in [0.4, 0.5) is 0 Å². The first kappa shape index (κ1) is 21.7. The van der Waals surface area contributed by atoms with E-state index in [1.807, 2.05) is 0 Å². The Morgan fingerprint density at radius 1 is 1.00 bits per heavy atom. The molecule has 0 saturated heterocycles. The number of nitrogens with one attached hydrogen (secondary N) is 2. The van der Waals surface area contributed by atoms with E-state index < -0.39 is 12.0 Å². The number of methoxy groups -OCH3 is 4. The van der Waals surface area contributed by atoms with Gasteiger partial charge < -0.3 is 29.6 Å². The van der Waals surface area contributed by atoms with Gasteiger partial charge in [-0.2, -0.15) is 0 Å². The van der Waals surface area contributed by atoms with E-state index in [4.69, 9.17) is 42.8 Å². The van der Waals surface area contributed by atoms with E-state index in [0.29, 0.717) is 44.2 Å². The molecule has 0 bridgehead atoms. The predicted octanol–water partition coefficient (Wildman–Crippen LogP) is 3.47. The van der Waals surface area contributed by atoms with Crippen LogP contribution in [0.2, 0.25) is 5.02 Å². The number of hydrogen-bond acceptors (Lipinski definition) is 6. The molecule has 30 heavy (non-hydrogen) atoms. The fourth-order valence-corrected chi connectivity index (χ4v) is 3.60. The third-order valence-electron chi connectivity index (χ3n) is 4.63. The van der Waals surface area contributed by atoms with Crippen LogP contribution in [0.1, 0.15) is 17.2 Å². The van der Waals surface area contributed by atoms with Gasteiger partial charge in [-0.25, -0.2) is 4.79 Å². The first-order valence-corrected chi connectivity index (χ1v) is 9.68. The maximum absolute atomic E-state index is 12.8. The van der Waals surface area contributed by atoms with Crippen LogP contribution >= 0.6 is 23.8 Å². The SMILES string of the molecule is COC(=O)C1=C(c2ccc(Cl)cc2)NC(=S)N[C@H]1c1cc(OC)c(OC)c(OC)c1. The highest BCUT2D eigenvalue weighted by molar-refractivity contribution is 7.80. The molecule has 0 radical (unpaired) electrons. The number of carbonyl (C=O) groups excluding carboxylic acids is 1. The molecule has 3 rings (SSSR count). The number of esters is 1. The van der Waals surface area contributed by atoms with Gasteiger partial charge in [0.15, 0.2) is 16.6 Å². The lowest BCUT2D eigenvalue weighted by Crippen LogP contribution is -2.45. The van der Waals surface area contributed by atoms with Crippen LogP contribution in [0.5, 0.6) is 17.2 Å². The summed E-state index contributed by atoms with van der Waals surface area (Å²) in [6, 6.07) is 9.97. The second-order valence-corrected chi connectivity index (χ2v) is 7.12. The van der Waals surface area contributed by atoms with Crippen molar-refractivity contribution in [1.82, 2.24) is 10.6 Å². The van der Waals surface area contributed by atoms with Gasteiger partial charge in [-0.15, -0.1) is 0 Å². The minimum atomic E-state index is -0.620. The summed E-state index contributed by atoms with van der Waals surface area (Å²) in [7, 11) is 5.90. The largest absolute Gasteiger partial charge is 0.493 e. The van der Waals surface area contributed by atoms with E-state index in [-0.39, 0.29) is 0 Å². The number of hydrogen-bond donors (Lipinski definition) is 2. The van der Waals surface area contributed by atoms with E-state index in [9.17, 15) is 4.79 Å². The molecule has 2 aromatic rings. The second kappa shape index (κ2) is 9.23. The molecular formula is C21H21ClN2O5S. The van der Waals surface area contributed by atoms with Crippen molar-refractivity contribution in [3.8, 4) is 17.2 Å². The number of benzene rings is 2. The number of thiocarbonyl (C=S) groups is 1. The van der Waals surface area contributed by atoms with Crippen LogP contribution in [0, 0.1) is 0 Å². The molecular weight excluding hydrogens is 428 g/mol. The standard InChI is InChI=1S/C21H21ClN2O5S/c1-26-14-9-12(10-15(27-2)19(14)28-3)18-16(20(25)29-4)17(23-21(30)24-18)11-5-7-13(22)8-6-11/h5-10,18H,1-4H3,(H2,23,24,30)/t18-/m0/s1. The Labute approximate surface area is 184 Å². The lowest BCUT2D eigenvalue weighted by Gasteiger charge is -2.31. The molecule has 0 unspecified atom stereocenters. The average Bonchev–Trinajstić information content (AvgIpc) is 2.77. The smallest absolute Gasteiger partial charge is 0.338 e. The molecule has 1 atom stereocenters. The average molecular weight is 449 g/mol. The zero-order chi connectivity index (χ0) is 21.8. The number of halogens is 1. The summed E-state index contributed by atoms with van der Waals surface area (Å²) in [5, 5.41) is 7.13. The fraction of sp³-hybridized carbons (Fsp3) is 0.238. The van der Waals surface area contributed by atoms with Gasteiger partial charge in [0.2, 0.25) is 5.75 Å². The molecule has 2 N–H and O–H groups in total. The Morgan fingerprint density at radius 2 is 1.60 bits per heavy atom. The minimum absolute atomic E-state index is 0.350. The Morgan fingerprint density at radius 3 is 2.10 bits per heavy atom. The maximum Gasteiger partial charge on any atom is 0.338 e. The molecule has 0 fully saturated rings. The number of rotatable bonds is 6. The third-order valence-corrected chi connectivity index (χ3v) is 5.10. The van der Waals surface area contributed by atoms with Crippen molar-refractivity contribution in [2.24, 2.45) is 0 Å². The topological polar surface area (TPSA) is 78.1 Å². The third kappa shape index (κ3) is 4.15. The zero-order valence-electron chi connectivity index (χ0n) is 16.9. The van der Waals surface area contributed by atoms with E-state index in [1.54, 1.807) is 36.4 Å². The van der Waals surface area contributed by atoms with E-state index in [0.717, 1.165) is 5.56 Å². The highest BCUT2D eigenvalue weighted by Crippen LogP contribution is 2.42. The fourth-order valence-electron chi connectivity index (χ4n) is 3.26. The molecule has 9 heteroatoms. The molecule has 1 aliphatic heterocycles. The van der Waals surface area contributed by atoms with Crippen LogP contribution in [-0.2, 0) is 9.53 Å². The highest BCUT2D eigenvalue weighted by atomic mass is 35.5. The van der Waals surface area contributed by atoms with Crippen LogP contribution in [0.25, 0.3) is 5.70 Å². The van der Waals surface area contributed by atoms with E-state index >= 15 is 0 Å². The summed E-state index contributed by atoms with van der Waals surface area (Å²) in [6.45, 7) is 0. The van der Waals surface area contributed by atoms with E-state index in [1.165, 1.54) is 28.4 Å². The molecule has 1 aliphatic rings. The van der Waals surface area contributed by atoms with Crippen molar-refractivity contribution in [2.45, 2.75) is 6.04 Å². The van der Waals surface area contributed by atoms with Crippen molar-refractivity contribution in [2.75, 3.05) is 28.4 Å². The summed E-state index contributed by atoms with van der Waals surface area (Å²) in [6.07, 6.45) is 0. The summed E-state index contributed by atoms with van der Waals surface area (Å²) < 4.78 is 21.4. The van der Waals surface area contributed by atoms with E-state index in [2.05, 4.69) is 10.6 Å². The maximum atomic E-state index is 12.8. The first-order valence-electron chi connectivity index (χ1n) is 8.89. The van der Waals surface area contributed by atoms with Gasteiger partial charge in [-0.05, 0) is 47.6 Å². The Balaban J connectivity index is 2.24. The van der Waals surface area contributed by atoms with Crippen LogP contribution in [0.3, 0.4) is 0 Å². The van der Waals surface area contributed by atoms with Gasteiger partial charge in [-0.1, -0.05) is 23.7 Å². The molecule has 0 aromatic heterocycles. The Bertz CT molecular complexity index is 982. The molecule has 0 aliphatic carbocycles. The van der Waals surface area contributed by atoms with Gasteiger partial charge in [0.05, 0.1) is 45.8 Å². The van der Waals surface area contributed by atoms with Gasteiger partial charge in [0.1, 0.15) is 0 Å². The molecule has 7 nitrogen and oxygen atoms in total. The summed E-state index contributed by atoms with van der Waals surface area (Å²) in [5.74, 6) is 0.841. The second-order valence-electron chi connectivity index (χ2n) is 6.28. The van der Waals surface area contributed by atoms with Crippen LogP contribution < -0.4 is 24.8 Å². The molecule has 0 spiro atoms. The number of ether oxygens (including phenoxy) is 4. The van der Waals surface area contributed by atoms with Crippen molar-refractivity contribution in [3.05, 3.63) is 58.1 Å². The van der Waals surface area contributed by atoms with Gasteiger partial charge in [0, 0.05) is 5.02 Å². The lowest BCUT2D eigenvalue weighted by molar-refractivity contribution is -0.136. The Kier molecular flexibility index (Phi) is 6.69. The number of carbonyl (C=O) groups is 1. The summed E-state index contributed by atoms with van der Waals surface area (Å²) in [4.78, 5) is 12.8. The zero-order valence-corrected chi connectivity index (χ0v) is 18.4. The van der Waals surface area contributed by atoms with Gasteiger partial charge in [-0.3, -0.25) is 0 Å². The van der Waals surface area contributed by atoms with Crippen molar-refractivity contribution < 1.29 is 23.7 Å². The highest BCUT2D eigenvalue weighted by Gasteiger charge is 2.34. The molecule has 0 amide bonds. The lowest BCUT2D eigenvalue weighted by atomic mass is 9.92. The van der Waals surface area contributed by atoms with Crippen LogP contribution in [0.15, 0.2) is 42.0 Å². The normalized spacial score (nSPS) is 15.8. The van der Waals surface area contributed by atoms with Crippen LogP contribution in [-0.4, -0.2) is 39.5 Å². The predicted molar refractivity (Wildman–Crippen MR) is 118 cm³/mol. The minimum Gasteiger partial charge on any atom is -0.493 e. The monoisotopic (exact) mass is 448 g/mol.